The molecule has 1 aromatic rings. The fourth-order valence-corrected chi connectivity index (χ4v) is 2.23. The Morgan fingerprint density at radius 1 is 1.67 bits per heavy atom. The number of aryl methyl sites for hydroxylation is 1. The standard InChI is InChI=1S/C10H13N3OS/c1-7-12-13-10(15-7)11-9(14)6-8-4-2-3-5-8/h2,4,8H,3,5-6H2,1H3,(H,11,13,14)/t8-/m1/s1. The molecule has 0 bridgehead atoms. The summed E-state index contributed by atoms with van der Waals surface area (Å²) in [7, 11) is 0. The molecule has 0 saturated carbocycles. The summed E-state index contributed by atoms with van der Waals surface area (Å²) in [5.41, 5.74) is 0. The van der Waals surface area contributed by atoms with E-state index in [1.165, 1.54) is 11.3 Å². The molecule has 15 heavy (non-hydrogen) atoms. The topological polar surface area (TPSA) is 54.9 Å². The Labute approximate surface area is 92.4 Å². The summed E-state index contributed by atoms with van der Waals surface area (Å²) < 4.78 is 0. The zero-order valence-electron chi connectivity index (χ0n) is 8.56. The molecule has 80 valence electrons. The number of allylic oxidation sites excluding steroid dienone is 2. The summed E-state index contributed by atoms with van der Waals surface area (Å²) in [4.78, 5) is 11.6. The average Bonchev–Trinajstić information content (AvgIpc) is 2.77. The molecule has 4 nitrogen and oxygen atoms in total. The average molecular weight is 223 g/mol. The molecular weight excluding hydrogens is 210 g/mol. The van der Waals surface area contributed by atoms with Crippen LogP contribution in [0.1, 0.15) is 24.3 Å². The van der Waals surface area contributed by atoms with Crippen LogP contribution in [0.15, 0.2) is 12.2 Å². The lowest BCUT2D eigenvalue weighted by Crippen LogP contribution is -2.14. The number of amides is 1. The highest BCUT2D eigenvalue weighted by atomic mass is 32.1. The summed E-state index contributed by atoms with van der Waals surface area (Å²) >= 11 is 1.40. The van der Waals surface area contributed by atoms with E-state index < -0.39 is 0 Å². The van der Waals surface area contributed by atoms with Crippen LogP contribution in [0.4, 0.5) is 5.13 Å². The molecule has 0 saturated heterocycles. The van der Waals surface area contributed by atoms with Crippen molar-refractivity contribution in [2.45, 2.75) is 26.2 Å². The van der Waals surface area contributed by atoms with Crippen LogP contribution in [0.25, 0.3) is 0 Å². The molecule has 0 aliphatic heterocycles. The van der Waals surface area contributed by atoms with E-state index in [1.807, 2.05) is 6.92 Å². The van der Waals surface area contributed by atoms with Gasteiger partial charge in [0, 0.05) is 6.42 Å². The molecule has 0 aromatic carbocycles. The lowest BCUT2D eigenvalue weighted by atomic mass is 10.1. The Kier molecular flexibility index (Phi) is 3.11. The smallest absolute Gasteiger partial charge is 0.226 e. The van der Waals surface area contributed by atoms with Crippen molar-refractivity contribution < 1.29 is 4.79 Å². The van der Waals surface area contributed by atoms with Crippen LogP contribution >= 0.6 is 11.3 Å². The number of aromatic nitrogens is 2. The number of hydrogen-bond donors (Lipinski definition) is 1. The van der Waals surface area contributed by atoms with Crippen LogP contribution in [0.2, 0.25) is 0 Å². The van der Waals surface area contributed by atoms with Crippen LogP contribution in [0.5, 0.6) is 0 Å². The molecule has 1 aliphatic carbocycles. The minimum absolute atomic E-state index is 0.0303. The van der Waals surface area contributed by atoms with Crippen LogP contribution < -0.4 is 5.32 Å². The van der Waals surface area contributed by atoms with Crippen molar-refractivity contribution in [3.8, 4) is 0 Å². The van der Waals surface area contributed by atoms with Gasteiger partial charge in [0.1, 0.15) is 5.01 Å². The van der Waals surface area contributed by atoms with Gasteiger partial charge in [-0.2, -0.15) is 0 Å². The zero-order chi connectivity index (χ0) is 10.7. The fraction of sp³-hybridized carbons (Fsp3) is 0.500. The van der Waals surface area contributed by atoms with Gasteiger partial charge in [0.05, 0.1) is 0 Å². The van der Waals surface area contributed by atoms with Crippen LogP contribution in [-0.4, -0.2) is 16.1 Å². The van der Waals surface area contributed by atoms with Gasteiger partial charge in [-0.25, -0.2) is 0 Å². The predicted octanol–water partition coefficient (Wildman–Crippen LogP) is 2.14. The number of nitrogens with zero attached hydrogens (tertiary/aromatic N) is 2. The largest absolute Gasteiger partial charge is 0.301 e. The van der Waals surface area contributed by atoms with Crippen LogP contribution in [0.3, 0.4) is 0 Å². The van der Waals surface area contributed by atoms with Crippen molar-refractivity contribution in [2.24, 2.45) is 5.92 Å². The minimum Gasteiger partial charge on any atom is -0.301 e. The molecule has 1 atom stereocenters. The van der Waals surface area contributed by atoms with E-state index in [0.29, 0.717) is 17.5 Å². The van der Waals surface area contributed by atoms with E-state index in [9.17, 15) is 4.79 Å². The lowest BCUT2D eigenvalue weighted by Gasteiger charge is -2.05. The van der Waals surface area contributed by atoms with E-state index in [1.54, 1.807) is 0 Å². The Hall–Kier alpha value is -1.23. The molecule has 1 aromatic heterocycles. The second-order valence-corrected chi connectivity index (χ2v) is 4.83. The molecule has 0 radical (unpaired) electrons. The quantitative estimate of drug-likeness (QED) is 0.799. The molecular formula is C10H13N3OS. The fourth-order valence-electron chi connectivity index (χ4n) is 1.62. The van der Waals surface area contributed by atoms with Crippen LogP contribution in [0, 0.1) is 12.8 Å². The van der Waals surface area contributed by atoms with Crippen molar-refractivity contribution in [3.63, 3.8) is 0 Å². The Balaban J connectivity index is 1.84. The third kappa shape index (κ3) is 2.86. The first-order valence-electron chi connectivity index (χ1n) is 5.00. The summed E-state index contributed by atoms with van der Waals surface area (Å²) in [6, 6.07) is 0. The number of carbonyl (C=O) groups excluding carboxylic acids is 1. The Morgan fingerprint density at radius 3 is 3.13 bits per heavy atom. The highest BCUT2D eigenvalue weighted by molar-refractivity contribution is 7.15. The van der Waals surface area contributed by atoms with Crippen molar-refractivity contribution in [2.75, 3.05) is 5.32 Å². The highest BCUT2D eigenvalue weighted by Crippen LogP contribution is 2.21. The van der Waals surface area contributed by atoms with Crippen molar-refractivity contribution >= 4 is 22.4 Å². The first kappa shape index (κ1) is 10.3. The maximum Gasteiger partial charge on any atom is 0.226 e. The number of anilines is 1. The minimum atomic E-state index is 0.0303. The van der Waals surface area contributed by atoms with E-state index >= 15 is 0 Å². The molecule has 0 fully saturated rings. The van der Waals surface area contributed by atoms with Gasteiger partial charge in [0.2, 0.25) is 11.0 Å². The van der Waals surface area contributed by atoms with E-state index in [0.717, 1.165) is 17.8 Å². The van der Waals surface area contributed by atoms with Gasteiger partial charge in [-0.05, 0) is 25.7 Å². The van der Waals surface area contributed by atoms with E-state index in [2.05, 4.69) is 27.7 Å². The summed E-state index contributed by atoms with van der Waals surface area (Å²) in [6.45, 7) is 1.87. The maximum absolute atomic E-state index is 11.6. The van der Waals surface area contributed by atoms with Gasteiger partial charge in [0.25, 0.3) is 0 Å². The van der Waals surface area contributed by atoms with E-state index in [4.69, 9.17) is 0 Å². The van der Waals surface area contributed by atoms with Gasteiger partial charge in [-0.3, -0.25) is 4.79 Å². The summed E-state index contributed by atoms with van der Waals surface area (Å²) in [5.74, 6) is 0.432. The number of rotatable bonds is 3. The number of carbonyl (C=O) groups is 1. The van der Waals surface area contributed by atoms with Gasteiger partial charge in [-0.15, -0.1) is 10.2 Å². The molecule has 1 aliphatic rings. The highest BCUT2D eigenvalue weighted by Gasteiger charge is 2.14. The summed E-state index contributed by atoms with van der Waals surface area (Å²) in [6.07, 6.45) is 6.98. The van der Waals surface area contributed by atoms with Crippen molar-refractivity contribution in [3.05, 3.63) is 17.2 Å². The van der Waals surface area contributed by atoms with Crippen molar-refractivity contribution in [1.82, 2.24) is 10.2 Å². The Morgan fingerprint density at radius 2 is 2.53 bits per heavy atom. The van der Waals surface area contributed by atoms with Gasteiger partial charge in [-0.1, -0.05) is 23.5 Å². The zero-order valence-corrected chi connectivity index (χ0v) is 9.38. The van der Waals surface area contributed by atoms with Gasteiger partial charge >= 0.3 is 0 Å². The molecule has 1 heterocycles. The Bertz CT molecular complexity index is 386. The second kappa shape index (κ2) is 4.53. The summed E-state index contributed by atoms with van der Waals surface area (Å²) in [5, 5.41) is 11.9. The van der Waals surface area contributed by atoms with Gasteiger partial charge in [0.15, 0.2) is 0 Å². The first-order chi connectivity index (χ1) is 7.24. The van der Waals surface area contributed by atoms with Crippen molar-refractivity contribution in [1.29, 1.82) is 0 Å². The predicted molar refractivity (Wildman–Crippen MR) is 59.8 cm³/mol. The first-order valence-corrected chi connectivity index (χ1v) is 5.82. The lowest BCUT2D eigenvalue weighted by molar-refractivity contribution is -0.116. The SMILES string of the molecule is Cc1nnc(NC(=O)C[C@@H]2C=CCC2)s1. The molecule has 1 N–H and O–H groups in total. The molecule has 0 spiro atoms. The molecule has 0 unspecified atom stereocenters. The second-order valence-electron chi connectivity index (χ2n) is 3.64. The number of hydrogen-bond acceptors (Lipinski definition) is 4. The van der Waals surface area contributed by atoms with Crippen LogP contribution in [-0.2, 0) is 4.79 Å². The maximum atomic E-state index is 11.6. The molecule has 5 heteroatoms. The monoisotopic (exact) mass is 223 g/mol. The molecule has 1 amide bonds. The van der Waals surface area contributed by atoms with E-state index in [-0.39, 0.29) is 5.91 Å². The number of nitrogens with one attached hydrogen (secondary N) is 1. The third-order valence-corrected chi connectivity index (χ3v) is 3.09. The van der Waals surface area contributed by atoms with Gasteiger partial charge < -0.3 is 5.32 Å². The molecule has 2 rings (SSSR count). The normalized spacial score (nSPS) is 19.4. The third-order valence-electron chi connectivity index (χ3n) is 2.33.